The number of carbonyl (C=O) groups excluding carboxylic acids is 1. The first-order chi connectivity index (χ1) is 10.7. The Hall–Kier alpha value is -1.44. The van der Waals surface area contributed by atoms with E-state index in [0.29, 0.717) is 18.8 Å². The maximum atomic E-state index is 12.5. The van der Waals surface area contributed by atoms with Gasteiger partial charge in [0.2, 0.25) is 5.91 Å². The number of ether oxygens (including phenoxy) is 1. The van der Waals surface area contributed by atoms with Gasteiger partial charge >= 0.3 is 0 Å². The van der Waals surface area contributed by atoms with Crippen molar-refractivity contribution in [1.82, 2.24) is 4.90 Å². The Morgan fingerprint density at radius 3 is 2.39 bits per heavy atom. The van der Waals surface area contributed by atoms with E-state index in [4.69, 9.17) is 4.74 Å². The number of nitrogens with one attached hydrogen (secondary N) is 1. The highest BCUT2D eigenvalue weighted by Gasteiger charge is 2.29. The van der Waals surface area contributed by atoms with Gasteiger partial charge in [0.25, 0.3) is 0 Å². The van der Waals surface area contributed by atoms with Crippen LogP contribution in [0.1, 0.15) is 20.8 Å². The Morgan fingerprint density at radius 2 is 1.83 bits per heavy atom. The largest absolute Gasteiger partial charge is 0.373 e. The molecule has 1 saturated heterocycles. The number of rotatable bonds is 4. The van der Waals surface area contributed by atoms with Gasteiger partial charge in [0.15, 0.2) is 9.84 Å². The van der Waals surface area contributed by atoms with Crippen LogP contribution in [0.2, 0.25) is 0 Å². The number of morpholine rings is 1. The fourth-order valence-corrected chi connectivity index (χ4v) is 3.67. The standard InChI is InChI=1S/C16H24N2O4S/c1-11-9-18(10-12(2)22-11)13(3)16(19)17-14-7-5-6-8-15(14)23(4,20)21/h5-8,11-13H,9-10H2,1-4H3,(H,17,19). The third-order valence-electron chi connectivity index (χ3n) is 3.92. The summed E-state index contributed by atoms with van der Waals surface area (Å²) in [5, 5.41) is 2.74. The van der Waals surface area contributed by atoms with Crippen molar-refractivity contribution < 1.29 is 17.9 Å². The van der Waals surface area contributed by atoms with Crippen molar-refractivity contribution in [3.05, 3.63) is 24.3 Å². The minimum Gasteiger partial charge on any atom is -0.373 e. The van der Waals surface area contributed by atoms with Gasteiger partial charge in [0.1, 0.15) is 0 Å². The van der Waals surface area contributed by atoms with Gasteiger partial charge in [-0.15, -0.1) is 0 Å². The van der Waals surface area contributed by atoms with Gasteiger partial charge in [0.05, 0.1) is 28.8 Å². The zero-order chi connectivity index (χ0) is 17.2. The molecule has 23 heavy (non-hydrogen) atoms. The topological polar surface area (TPSA) is 75.7 Å². The molecule has 7 heteroatoms. The van der Waals surface area contributed by atoms with E-state index in [2.05, 4.69) is 10.2 Å². The van der Waals surface area contributed by atoms with Crippen molar-refractivity contribution in [2.24, 2.45) is 0 Å². The van der Waals surface area contributed by atoms with E-state index >= 15 is 0 Å². The normalized spacial score (nSPS) is 24.2. The molecule has 1 aliphatic heterocycles. The van der Waals surface area contributed by atoms with Crippen molar-refractivity contribution in [2.45, 2.75) is 43.9 Å². The van der Waals surface area contributed by atoms with E-state index in [9.17, 15) is 13.2 Å². The number of para-hydroxylation sites is 1. The molecule has 0 saturated carbocycles. The fraction of sp³-hybridized carbons (Fsp3) is 0.562. The molecule has 0 aromatic heterocycles. The lowest BCUT2D eigenvalue weighted by Gasteiger charge is -2.38. The Kier molecular flexibility index (Phi) is 5.44. The fourth-order valence-electron chi connectivity index (χ4n) is 2.83. The number of amides is 1. The van der Waals surface area contributed by atoms with E-state index in [1.54, 1.807) is 18.2 Å². The Bertz CT molecular complexity index is 664. The third kappa shape index (κ3) is 4.53. The molecule has 0 spiro atoms. The maximum absolute atomic E-state index is 12.5. The van der Waals surface area contributed by atoms with E-state index in [1.807, 2.05) is 20.8 Å². The van der Waals surface area contributed by atoms with Crippen LogP contribution in [0, 0.1) is 0 Å². The second-order valence-electron chi connectivity index (χ2n) is 6.14. The summed E-state index contributed by atoms with van der Waals surface area (Å²) in [4.78, 5) is 14.7. The van der Waals surface area contributed by atoms with Gasteiger partial charge in [-0.05, 0) is 32.9 Å². The third-order valence-corrected chi connectivity index (χ3v) is 5.07. The van der Waals surface area contributed by atoms with Crippen molar-refractivity contribution in [3.8, 4) is 0 Å². The number of carbonyl (C=O) groups is 1. The van der Waals surface area contributed by atoms with Gasteiger partial charge in [0, 0.05) is 19.3 Å². The molecule has 1 aromatic rings. The van der Waals surface area contributed by atoms with Crippen molar-refractivity contribution >= 4 is 21.4 Å². The van der Waals surface area contributed by atoms with Crippen LogP contribution < -0.4 is 5.32 Å². The quantitative estimate of drug-likeness (QED) is 0.899. The second kappa shape index (κ2) is 6.98. The van der Waals surface area contributed by atoms with E-state index in [-0.39, 0.29) is 29.1 Å². The number of benzene rings is 1. The van der Waals surface area contributed by atoms with E-state index in [1.165, 1.54) is 6.07 Å². The summed E-state index contributed by atoms with van der Waals surface area (Å²) in [6, 6.07) is 6.07. The summed E-state index contributed by atoms with van der Waals surface area (Å²) in [7, 11) is -3.40. The zero-order valence-electron chi connectivity index (χ0n) is 13.9. The van der Waals surface area contributed by atoms with Crippen LogP contribution in [0.5, 0.6) is 0 Å². The Labute approximate surface area is 137 Å². The highest BCUT2D eigenvalue weighted by atomic mass is 32.2. The first kappa shape index (κ1) is 17.9. The molecule has 1 aliphatic rings. The molecule has 0 radical (unpaired) electrons. The molecular formula is C16H24N2O4S. The number of sulfone groups is 1. The molecule has 3 atom stereocenters. The minimum atomic E-state index is -3.40. The molecule has 1 fully saturated rings. The second-order valence-corrected chi connectivity index (χ2v) is 8.13. The molecular weight excluding hydrogens is 316 g/mol. The lowest BCUT2D eigenvalue weighted by atomic mass is 10.1. The molecule has 2 rings (SSSR count). The van der Waals surface area contributed by atoms with E-state index < -0.39 is 9.84 Å². The Balaban J connectivity index is 2.13. The maximum Gasteiger partial charge on any atom is 0.241 e. The summed E-state index contributed by atoms with van der Waals surface area (Å²) in [6.45, 7) is 7.13. The number of hydrogen-bond donors (Lipinski definition) is 1. The summed E-state index contributed by atoms with van der Waals surface area (Å²) in [6.07, 6.45) is 1.27. The molecule has 1 N–H and O–H groups in total. The molecule has 3 unspecified atom stereocenters. The number of nitrogens with zero attached hydrogens (tertiary/aromatic N) is 1. The molecule has 0 aliphatic carbocycles. The Morgan fingerprint density at radius 1 is 1.26 bits per heavy atom. The van der Waals surface area contributed by atoms with Gasteiger partial charge in [-0.2, -0.15) is 0 Å². The summed E-state index contributed by atoms with van der Waals surface area (Å²) >= 11 is 0. The lowest BCUT2D eigenvalue weighted by molar-refractivity contribution is -0.126. The average molecular weight is 340 g/mol. The van der Waals surface area contributed by atoms with Crippen LogP contribution in [-0.2, 0) is 19.4 Å². The smallest absolute Gasteiger partial charge is 0.241 e. The minimum absolute atomic E-state index is 0.0669. The lowest BCUT2D eigenvalue weighted by Crippen LogP contribution is -2.52. The number of hydrogen-bond acceptors (Lipinski definition) is 5. The average Bonchev–Trinajstić information content (AvgIpc) is 2.44. The first-order valence-electron chi connectivity index (χ1n) is 7.68. The van der Waals surface area contributed by atoms with Crippen LogP contribution in [0.25, 0.3) is 0 Å². The van der Waals surface area contributed by atoms with Crippen LogP contribution in [0.3, 0.4) is 0 Å². The van der Waals surface area contributed by atoms with Gasteiger partial charge in [-0.3, -0.25) is 9.69 Å². The SMILES string of the molecule is CC1CN(C(C)C(=O)Nc2ccccc2S(C)(=O)=O)CC(C)O1. The summed E-state index contributed by atoms with van der Waals surface area (Å²) in [5.41, 5.74) is 0.321. The molecule has 1 aromatic carbocycles. The molecule has 1 amide bonds. The zero-order valence-corrected chi connectivity index (χ0v) is 14.8. The number of anilines is 1. The summed E-state index contributed by atoms with van der Waals surface area (Å²) in [5.74, 6) is -0.220. The van der Waals surface area contributed by atoms with Crippen molar-refractivity contribution in [2.75, 3.05) is 24.7 Å². The van der Waals surface area contributed by atoms with Crippen molar-refractivity contribution in [1.29, 1.82) is 0 Å². The van der Waals surface area contributed by atoms with Gasteiger partial charge in [-0.25, -0.2) is 8.42 Å². The van der Waals surface area contributed by atoms with Crippen molar-refractivity contribution in [3.63, 3.8) is 0 Å². The predicted octanol–water partition coefficient (Wildman–Crippen LogP) is 1.53. The monoisotopic (exact) mass is 340 g/mol. The van der Waals surface area contributed by atoms with Crippen LogP contribution in [0.15, 0.2) is 29.2 Å². The summed E-state index contributed by atoms with van der Waals surface area (Å²) < 4.78 is 29.3. The molecule has 1 heterocycles. The van der Waals surface area contributed by atoms with Crippen LogP contribution in [0.4, 0.5) is 5.69 Å². The highest BCUT2D eigenvalue weighted by Crippen LogP contribution is 2.21. The van der Waals surface area contributed by atoms with Gasteiger partial charge in [-0.1, -0.05) is 12.1 Å². The molecule has 128 valence electrons. The first-order valence-corrected chi connectivity index (χ1v) is 9.57. The predicted molar refractivity (Wildman–Crippen MR) is 89.2 cm³/mol. The van der Waals surface area contributed by atoms with Crippen LogP contribution in [-0.4, -0.2) is 56.8 Å². The molecule has 0 bridgehead atoms. The van der Waals surface area contributed by atoms with Crippen LogP contribution >= 0.6 is 0 Å². The highest BCUT2D eigenvalue weighted by molar-refractivity contribution is 7.90. The van der Waals surface area contributed by atoms with E-state index in [0.717, 1.165) is 6.26 Å². The van der Waals surface area contributed by atoms with Gasteiger partial charge < -0.3 is 10.1 Å². The molecule has 6 nitrogen and oxygen atoms in total.